The summed E-state index contributed by atoms with van der Waals surface area (Å²) >= 11 is 0. The molecule has 1 saturated carbocycles. The Kier molecular flexibility index (Phi) is 8.57. The van der Waals surface area contributed by atoms with Gasteiger partial charge < -0.3 is 32.1 Å². The largest absolute Gasteiger partial charge is 2.00 e. The summed E-state index contributed by atoms with van der Waals surface area (Å²) in [6.45, 7) is 0. The third-order valence-corrected chi connectivity index (χ3v) is 1.99. The van der Waals surface area contributed by atoms with Crippen molar-refractivity contribution in [1.82, 2.24) is 0 Å². The van der Waals surface area contributed by atoms with E-state index in [9.17, 15) is 19.8 Å². The molecule has 13 heavy (non-hydrogen) atoms. The second-order valence-electron chi connectivity index (χ2n) is 2.51. The minimum atomic E-state index is -1.67. The summed E-state index contributed by atoms with van der Waals surface area (Å²) in [5.74, 6) is -3.03. The molecule has 6 nitrogen and oxygen atoms in total. The molecule has 0 radical (unpaired) electrons. The molecule has 0 aromatic heterocycles. The van der Waals surface area contributed by atoms with E-state index in [0.717, 1.165) is 0 Å². The van der Waals surface area contributed by atoms with Gasteiger partial charge in [-0.2, -0.15) is 0 Å². The van der Waals surface area contributed by atoms with Gasteiger partial charge in [-0.3, -0.25) is 0 Å². The first-order valence-corrected chi connectivity index (χ1v) is 3.02. The Hall–Kier alpha value is -0.452. The first-order chi connectivity index (χ1) is 4.59. The Balaban J connectivity index is -0.000000333. The molecule has 1 aliphatic carbocycles. The van der Waals surface area contributed by atoms with Crippen molar-refractivity contribution >= 4 is 11.9 Å². The molecule has 0 unspecified atom stereocenters. The van der Waals surface area contributed by atoms with Crippen molar-refractivity contribution in [2.24, 2.45) is 5.41 Å². The molecular formula is C6H10N2O4Pt-2. The molecule has 0 spiro atoms. The van der Waals surface area contributed by atoms with Crippen LogP contribution in [0.15, 0.2) is 0 Å². The van der Waals surface area contributed by atoms with E-state index in [-0.39, 0.29) is 46.2 Å². The van der Waals surface area contributed by atoms with Crippen LogP contribution in [0.4, 0.5) is 0 Å². The monoisotopic (exact) mass is 369 g/mol. The van der Waals surface area contributed by atoms with Crippen LogP contribution >= 0.6 is 0 Å². The Bertz CT molecular complexity index is 177. The third kappa shape index (κ3) is 2.76. The minimum Gasteiger partial charge on any atom is -0.693 e. The van der Waals surface area contributed by atoms with Crippen LogP contribution in [0, 0.1) is 5.41 Å². The molecule has 1 fully saturated rings. The summed E-state index contributed by atoms with van der Waals surface area (Å²) in [6.07, 6.45) is 0.928. The van der Waals surface area contributed by atoms with Crippen LogP contribution in [0.1, 0.15) is 19.3 Å². The van der Waals surface area contributed by atoms with Gasteiger partial charge in [0.25, 0.3) is 0 Å². The standard InChI is InChI=1S/C6H8O4.2H2N.Pt/c7-4(8)6(5(9)10)2-1-3-6;;;/h1-3H2,(H,7,8)(H,9,10);2*1H2;/q;2*-1;+2/p-2. The molecule has 0 bridgehead atoms. The molecule has 0 aliphatic heterocycles. The summed E-state index contributed by atoms with van der Waals surface area (Å²) < 4.78 is 0. The van der Waals surface area contributed by atoms with Gasteiger partial charge in [0, 0.05) is 5.41 Å². The van der Waals surface area contributed by atoms with E-state index in [0.29, 0.717) is 6.42 Å². The predicted octanol–water partition coefficient (Wildman–Crippen LogP) is -0.912. The number of aliphatic carboxylic acids is 2. The number of rotatable bonds is 2. The zero-order chi connectivity index (χ0) is 7.78. The molecule has 4 N–H and O–H groups in total. The SMILES string of the molecule is O=C([O-])C1(C(=O)[O-])CCC1.[NH2-].[NH2-].[Pt+2]. The van der Waals surface area contributed by atoms with Gasteiger partial charge in [-0.25, -0.2) is 0 Å². The molecule has 0 saturated heterocycles. The number of carbonyl (C=O) groups is 2. The molecule has 0 amide bonds. The fraction of sp³-hybridized carbons (Fsp3) is 0.667. The van der Waals surface area contributed by atoms with Crippen LogP contribution in [0.5, 0.6) is 0 Å². The Morgan fingerprint density at radius 3 is 1.31 bits per heavy atom. The molecular weight excluding hydrogens is 359 g/mol. The molecule has 0 heterocycles. The number of carboxylic acids is 2. The number of hydrogen-bond donors (Lipinski definition) is 0. The number of nitrogens with two attached hydrogens (primary N) is 2. The van der Waals surface area contributed by atoms with Crippen LogP contribution in [0.25, 0.3) is 12.3 Å². The van der Waals surface area contributed by atoms with Crippen molar-refractivity contribution in [1.29, 1.82) is 0 Å². The van der Waals surface area contributed by atoms with E-state index in [2.05, 4.69) is 0 Å². The van der Waals surface area contributed by atoms with E-state index in [4.69, 9.17) is 0 Å². The van der Waals surface area contributed by atoms with Gasteiger partial charge in [0.1, 0.15) is 0 Å². The maximum atomic E-state index is 10.2. The van der Waals surface area contributed by atoms with E-state index in [1.807, 2.05) is 0 Å². The summed E-state index contributed by atoms with van der Waals surface area (Å²) in [5, 5.41) is 20.4. The molecule has 1 rings (SSSR count). The van der Waals surface area contributed by atoms with Crippen molar-refractivity contribution in [3.05, 3.63) is 12.3 Å². The fourth-order valence-electron chi connectivity index (χ4n) is 1.02. The van der Waals surface area contributed by atoms with Crippen molar-refractivity contribution in [3.8, 4) is 0 Å². The van der Waals surface area contributed by atoms with Gasteiger partial charge in [0.15, 0.2) is 0 Å². The van der Waals surface area contributed by atoms with E-state index >= 15 is 0 Å². The predicted molar refractivity (Wildman–Crippen MR) is 36.9 cm³/mol. The van der Waals surface area contributed by atoms with Gasteiger partial charge in [0.2, 0.25) is 0 Å². The summed E-state index contributed by atoms with van der Waals surface area (Å²) in [5.41, 5.74) is -1.67. The van der Waals surface area contributed by atoms with Crippen LogP contribution in [0.2, 0.25) is 0 Å². The number of carbonyl (C=O) groups excluding carboxylic acids is 2. The van der Waals surface area contributed by atoms with Gasteiger partial charge >= 0.3 is 21.1 Å². The van der Waals surface area contributed by atoms with E-state index < -0.39 is 17.4 Å². The van der Waals surface area contributed by atoms with Gasteiger partial charge in [0.05, 0.1) is 11.9 Å². The minimum absolute atomic E-state index is 0. The second kappa shape index (κ2) is 6.07. The van der Waals surface area contributed by atoms with Crippen LogP contribution in [0.3, 0.4) is 0 Å². The van der Waals surface area contributed by atoms with E-state index in [1.165, 1.54) is 0 Å². The number of carboxylic acid groups (broad SMARTS) is 2. The average Bonchev–Trinajstić information content (AvgIpc) is 1.57. The molecule has 7 heteroatoms. The molecule has 80 valence electrons. The van der Waals surface area contributed by atoms with Crippen molar-refractivity contribution < 1.29 is 40.9 Å². The maximum Gasteiger partial charge on any atom is 2.00 e. The third-order valence-electron chi connectivity index (χ3n) is 1.99. The Morgan fingerprint density at radius 2 is 1.31 bits per heavy atom. The molecule has 1 aliphatic rings. The van der Waals surface area contributed by atoms with Crippen molar-refractivity contribution in [3.63, 3.8) is 0 Å². The van der Waals surface area contributed by atoms with Crippen LogP contribution in [-0.4, -0.2) is 11.9 Å². The van der Waals surface area contributed by atoms with Crippen LogP contribution < -0.4 is 10.2 Å². The first kappa shape index (κ1) is 18.4. The number of hydrogen-bond acceptors (Lipinski definition) is 4. The van der Waals surface area contributed by atoms with Crippen molar-refractivity contribution in [2.45, 2.75) is 19.3 Å². The maximum absolute atomic E-state index is 10.2. The quantitative estimate of drug-likeness (QED) is 0.579. The van der Waals surface area contributed by atoms with Gasteiger partial charge in [-0.1, -0.05) is 6.42 Å². The summed E-state index contributed by atoms with van der Waals surface area (Å²) in [7, 11) is 0. The fourth-order valence-corrected chi connectivity index (χ4v) is 1.02. The smallest absolute Gasteiger partial charge is 0.693 e. The molecule has 0 aromatic rings. The van der Waals surface area contributed by atoms with E-state index in [1.54, 1.807) is 0 Å². The Labute approximate surface area is 90.1 Å². The van der Waals surface area contributed by atoms with Crippen LogP contribution in [-0.2, 0) is 30.7 Å². The Morgan fingerprint density at radius 1 is 1.00 bits per heavy atom. The van der Waals surface area contributed by atoms with Gasteiger partial charge in [-0.15, -0.1) is 0 Å². The van der Waals surface area contributed by atoms with Gasteiger partial charge in [-0.05, 0) is 12.8 Å². The summed E-state index contributed by atoms with van der Waals surface area (Å²) in [4.78, 5) is 20.4. The zero-order valence-corrected chi connectivity index (χ0v) is 9.00. The molecule has 0 atom stereocenters. The topological polar surface area (TPSA) is 147 Å². The zero-order valence-electron chi connectivity index (χ0n) is 6.73. The first-order valence-electron chi connectivity index (χ1n) is 3.02. The second-order valence-corrected chi connectivity index (χ2v) is 2.51. The normalized spacial score (nSPS) is 16.3. The summed E-state index contributed by atoms with van der Waals surface area (Å²) in [6, 6.07) is 0. The average molecular weight is 369 g/mol. The molecule has 0 aromatic carbocycles. The van der Waals surface area contributed by atoms with Crippen molar-refractivity contribution in [2.75, 3.05) is 0 Å².